The molecular weight excluding hydrogens is 196 g/mol. The number of halogens is 1. The molecule has 0 aliphatic heterocycles. The standard InChI is InChI=1S/C8H9ClO2S/c1-5-3-7(9)12-6(5)4-8(10)11-2/h3H,4H2,1-2H3. The summed E-state index contributed by atoms with van der Waals surface area (Å²) in [5.41, 5.74) is 1.05. The fourth-order valence-electron chi connectivity index (χ4n) is 0.857. The Bertz CT molecular complexity index is 293. The van der Waals surface area contributed by atoms with Crippen molar-refractivity contribution in [2.75, 3.05) is 7.11 Å². The van der Waals surface area contributed by atoms with Crippen LogP contribution in [0, 0.1) is 6.92 Å². The lowest BCUT2D eigenvalue weighted by Crippen LogP contribution is -2.03. The van der Waals surface area contributed by atoms with E-state index >= 15 is 0 Å². The average Bonchev–Trinajstić information content (AvgIpc) is 2.30. The SMILES string of the molecule is COC(=O)Cc1sc(Cl)cc1C. The van der Waals surface area contributed by atoms with Gasteiger partial charge in [-0.2, -0.15) is 0 Å². The molecular formula is C8H9ClO2S. The first kappa shape index (κ1) is 9.55. The lowest BCUT2D eigenvalue weighted by molar-refractivity contribution is -0.139. The molecule has 0 aliphatic rings. The average molecular weight is 205 g/mol. The van der Waals surface area contributed by atoms with Gasteiger partial charge in [-0.3, -0.25) is 4.79 Å². The molecule has 0 saturated heterocycles. The van der Waals surface area contributed by atoms with E-state index in [1.54, 1.807) is 0 Å². The zero-order valence-corrected chi connectivity index (χ0v) is 8.46. The molecule has 0 unspecified atom stereocenters. The maximum Gasteiger partial charge on any atom is 0.310 e. The smallest absolute Gasteiger partial charge is 0.310 e. The van der Waals surface area contributed by atoms with Crippen molar-refractivity contribution >= 4 is 28.9 Å². The summed E-state index contributed by atoms with van der Waals surface area (Å²) in [4.78, 5) is 11.9. The Hall–Kier alpha value is -0.540. The molecule has 1 heterocycles. The Labute approximate surface area is 80.1 Å². The van der Waals surface area contributed by atoms with Crippen LogP contribution in [0.4, 0.5) is 0 Å². The normalized spacial score (nSPS) is 9.92. The van der Waals surface area contributed by atoms with E-state index in [0.717, 1.165) is 10.4 Å². The minimum atomic E-state index is -0.225. The summed E-state index contributed by atoms with van der Waals surface area (Å²) in [7, 11) is 1.38. The van der Waals surface area contributed by atoms with Crippen molar-refractivity contribution in [2.24, 2.45) is 0 Å². The molecule has 1 aromatic rings. The fraction of sp³-hybridized carbons (Fsp3) is 0.375. The maximum atomic E-state index is 10.9. The van der Waals surface area contributed by atoms with Gasteiger partial charge in [-0.05, 0) is 18.6 Å². The third-order valence-corrected chi connectivity index (χ3v) is 2.89. The minimum Gasteiger partial charge on any atom is -0.469 e. The lowest BCUT2D eigenvalue weighted by Gasteiger charge is -1.96. The fourth-order valence-corrected chi connectivity index (χ4v) is 2.18. The number of carbonyl (C=O) groups is 1. The van der Waals surface area contributed by atoms with Gasteiger partial charge in [-0.25, -0.2) is 0 Å². The summed E-state index contributed by atoms with van der Waals surface area (Å²) in [5, 5.41) is 0. The van der Waals surface area contributed by atoms with Gasteiger partial charge in [0.2, 0.25) is 0 Å². The molecule has 0 aromatic carbocycles. The molecule has 0 spiro atoms. The molecule has 0 amide bonds. The van der Waals surface area contributed by atoms with Crippen molar-refractivity contribution in [1.29, 1.82) is 0 Å². The predicted octanol–water partition coefficient (Wildman–Crippen LogP) is 2.43. The van der Waals surface area contributed by atoms with Crippen molar-refractivity contribution in [3.63, 3.8) is 0 Å². The van der Waals surface area contributed by atoms with E-state index in [-0.39, 0.29) is 5.97 Å². The van der Waals surface area contributed by atoms with Crippen LogP contribution in [0.15, 0.2) is 6.07 Å². The third-order valence-electron chi connectivity index (χ3n) is 1.52. The van der Waals surface area contributed by atoms with Crippen molar-refractivity contribution in [2.45, 2.75) is 13.3 Å². The van der Waals surface area contributed by atoms with Crippen LogP contribution in [0.2, 0.25) is 4.34 Å². The maximum absolute atomic E-state index is 10.9. The van der Waals surface area contributed by atoms with Gasteiger partial charge in [0.25, 0.3) is 0 Å². The zero-order valence-electron chi connectivity index (χ0n) is 6.89. The van der Waals surface area contributed by atoms with E-state index in [2.05, 4.69) is 4.74 Å². The molecule has 4 heteroatoms. The highest BCUT2D eigenvalue weighted by atomic mass is 35.5. The highest BCUT2D eigenvalue weighted by Gasteiger charge is 2.08. The van der Waals surface area contributed by atoms with Gasteiger partial charge in [0, 0.05) is 4.88 Å². The first-order valence-corrected chi connectivity index (χ1v) is 4.64. The molecule has 0 bridgehead atoms. The molecule has 0 N–H and O–H groups in total. The lowest BCUT2D eigenvalue weighted by atomic mass is 10.2. The van der Waals surface area contributed by atoms with E-state index in [4.69, 9.17) is 11.6 Å². The molecule has 0 atom stereocenters. The Morgan fingerprint density at radius 1 is 1.75 bits per heavy atom. The van der Waals surface area contributed by atoms with Crippen LogP contribution in [0.3, 0.4) is 0 Å². The van der Waals surface area contributed by atoms with Crippen molar-refractivity contribution in [1.82, 2.24) is 0 Å². The van der Waals surface area contributed by atoms with Crippen LogP contribution in [-0.4, -0.2) is 13.1 Å². The number of hydrogen-bond donors (Lipinski definition) is 0. The number of thiophene rings is 1. The highest BCUT2D eigenvalue weighted by molar-refractivity contribution is 7.16. The van der Waals surface area contributed by atoms with E-state index in [1.165, 1.54) is 18.4 Å². The van der Waals surface area contributed by atoms with Crippen LogP contribution >= 0.6 is 22.9 Å². The number of carbonyl (C=O) groups excluding carboxylic acids is 1. The number of esters is 1. The first-order valence-electron chi connectivity index (χ1n) is 3.45. The largest absolute Gasteiger partial charge is 0.469 e. The highest BCUT2D eigenvalue weighted by Crippen LogP contribution is 2.26. The summed E-state index contributed by atoms with van der Waals surface area (Å²) in [6, 6.07) is 1.85. The van der Waals surface area contributed by atoms with Gasteiger partial charge < -0.3 is 4.74 Å². The number of hydrogen-bond acceptors (Lipinski definition) is 3. The van der Waals surface area contributed by atoms with Gasteiger partial charge in [0.05, 0.1) is 17.9 Å². The molecule has 2 nitrogen and oxygen atoms in total. The molecule has 0 aliphatic carbocycles. The second-order valence-corrected chi connectivity index (χ2v) is 4.18. The molecule has 66 valence electrons. The molecule has 1 aromatic heterocycles. The summed E-state index contributed by atoms with van der Waals surface area (Å²) in [6.45, 7) is 1.93. The second kappa shape index (κ2) is 3.92. The Morgan fingerprint density at radius 2 is 2.42 bits per heavy atom. The molecule has 1 rings (SSSR count). The van der Waals surface area contributed by atoms with Crippen LogP contribution in [0.25, 0.3) is 0 Å². The number of methoxy groups -OCH3 is 1. The summed E-state index contributed by atoms with van der Waals surface area (Å²) >= 11 is 7.18. The van der Waals surface area contributed by atoms with Crippen LogP contribution in [0.5, 0.6) is 0 Å². The van der Waals surface area contributed by atoms with Crippen LogP contribution < -0.4 is 0 Å². The Kier molecular flexibility index (Phi) is 3.12. The molecule has 0 saturated carbocycles. The van der Waals surface area contributed by atoms with Crippen LogP contribution in [-0.2, 0) is 16.0 Å². The van der Waals surface area contributed by atoms with Crippen LogP contribution in [0.1, 0.15) is 10.4 Å². The minimum absolute atomic E-state index is 0.225. The van der Waals surface area contributed by atoms with E-state index < -0.39 is 0 Å². The molecule has 0 radical (unpaired) electrons. The summed E-state index contributed by atoms with van der Waals surface area (Å²) in [5.74, 6) is -0.225. The van der Waals surface area contributed by atoms with Crippen molar-refractivity contribution in [3.05, 3.63) is 20.8 Å². The van der Waals surface area contributed by atoms with Gasteiger partial charge >= 0.3 is 5.97 Å². The zero-order chi connectivity index (χ0) is 9.14. The van der Waals surface area contributed by atoms with Crippen molar-refractivity contribution < 1.29 is 9.53 Å². The van der Waals surface area contributed by atoms with E-state index in [1.807, 2.05) is 13.0 Å². The topological polar surface area (TPSA) is 26.3 Å². The Balaban J connectivity index is 2.75. The molecule has 0 fully saturated rings. The van der Waals surface area contributed by atoms with E-state index in [9.17, 15) is 4.79 Å². The predicted molar refractivity (Wildman–Crippen MR) is 49.8 cm³/mol. The van der Waals surface area contributed by atoms with Gasteiger partial charge in [-0.1, -0.05) is 11.6 Å². The van der Waals surface area contributed by atoms with Gasteiger partial charge in [0.15, 0.2) is 0 Å². The van der Waals surface area contributed by atoms with E-state index in [0.29, 0.717) is 10.8 Å². The number of aryl methyl sites for hydroxylation is 1. The Morgan fingerprint density at radius 3 is 2.83 bits per heavy atom. The van der Waals surface area contributed by atoms with Gasteiger partial charge in [-0.15, -0.1) is 11.3 Å². The quantitative estimate of drug-likeness (QED) is 0.692. The molecule has 12 heavy (non-hydrogen) atoms. The summed E-state index contributed by atoms with van der Waals surface area (Å²) < 4.78 is 5.26. The number of ether oxygens (including phenoxy) is 1. The van der Waals surface area contributed by atoms with Gasteiger partial charge in [0.1, 0.15) is 0 Å². The monoisotopic (exact) mass is 204 g/mol. The second-order valence-electron chi connectivity index (χ2n) is 2.41. The first-order chi connectivity index (χ1) is 5.63. The summed E-state index contributed by atoms with van der Waals surface area (Å²) in [6.07, 6.45) is 0.319. The van der Waals surface area contributed by atoms with Crippen molar-refractivity contribution in [3.8, 4) is 0 Å². The number of rotatable bonds is 2. The third kappa shape index (κ3) is 2.22.